The zero-order valence-corrected chi connectivity index (χ0v) is 15.6. The summed E-state index contributed by atoms with van der Waals surface area (Å²) in [6.45, 7) is 7.28. The van der Waals surface area contributed by atoms with E-state index in [1.165, 1.54) is 10.6 Å². The van der Waals surface area contributed by atoms with Gasteiger partial charge in [0.15, 0.2) is 5.78 Å². The van der Waals surface area contributed by atoms with Crippen LogP contribution >= 0.6 is 23.4 Å². The molecule has 1 aromatic carbocycles. The molecule has 5 heteroatoms. The van der Waals surface area contributed by atoms with Gasteiger partial charge in [-0.2, -0.15) is 0 Å². The lowest BCUT2D eigenvalue weighted by molar-refractivity contribution is 0.104. The van der Waals surface area contributed by atoms with Gasteiger partial charge >= 0.3 is 0 Å². The molecule has 0 unspecified atom stereocenters. The predicted octanol–water partition coefficient (Wildman–Crippen LogP) is 5.47. The summed E-state index contributed by atoms with van der Waals surface area (Å²) in [5.74, 6) is 0.455. The average Bonchev–Trinajstić information content (AvgIpc) is 2.79. The SMILES string of the molecule is CCCCN1C(C)=C(C)S/C1=C\C(=O)c1cc(Cl)ccc1OC. The second kappa shape index (κ2) is 7.93. The molecule has 0 aliphatic carbocycles. The first-order valence-electron chi connectivity index (χ1n) is 7.70. The number of halogens is 1. The minimum absolute atomic E-state index is 0.0872. The topological polar surface area (TPSA) is 29.5 Å². The maximum atomic E-state index is 12.7. The van der Waals surface area contributed by atoms with Gasteiger partial charge in [-0.15, -0.1) is 0 Å². The summed E-state index contributed by atoms with van der Waals surface area (Å²) in [5, 5.41) is 1.50. The normalized spacial score (nSPS) is 16.4. The fourth-order valence-corrected chi connectivity index (χ4v) is 3.65. The molecule has 0 amide bonds. The fraction of sp³-hybridized carbons (Fsp3) is 0.389. The summed E-state index contributed by atoms with van der Waals surface area (Å²) in [5.41, 5.74) is 1.71. The first-order chi connectivity index (χ1) is 11.0. The maximum Gasteiger partial charge on any atom is 0.192 e. The number of hydrogen-bond donors (Lipinski definition) is 0. The lowest BCUT2D eigenvalue weighted by atomic mass is 10.1. The molecule has 0 atom stereocenters. The standard InChI is InChI=1S/C18H22ClNO2S/c1-5-6-9-20-12(2)13(3)23-18(20)11-16(21)15-10-14(19)7-8-17(15)22-4/h7-8,10-11H,5-6,9H2,1-4H3/b18-11-. The van der Waals surface area contributed by atoms with Gasteiger partial charge < -0.3 is 9.64 Å². The molecule has 1 aliphatic heterocycles. The predicted molar refractivity (Wildman–Crippen MR) is 98.0 cm³/mol. The third-order valence-corrected chi connectivity index (χ3v) is 5.24. The number of ether oxygens (including phenoxy) is 1. The lowest BCUT2D eigenvalue weighted by Crippen LogP contribution is -2.18. The Morgan fingerprint density at radius 3 is 2.78 bits per heavy atom. The Balaban J connectivity index is 2.30. The van der Waals surface area contributed by atoms with Crippen LogP contribution in [0.3, 0.4) is 0 Å². The van der Waals surface area contributed by atoms with Crippen LogP contribution in [0, 0.1) is 0 Å². The zero-order chi connectivity index (χ0) is 17.0. The number of rotatable bonds is 6. The smallest absolute Gasteiger partial charge is 0.192 e. The number of benzene rings is 1. The molecule has 0 saturated carbocycles. The number of allylic oxidation sites excluding steroid dienone is 3. The van der Waals surface area contributed by atoms with Gasteiger partial charge in [0.2, 0.25) is 0 Å². The van der Waals surface area contributed by atoms with E-state index in [1.54, 1.807) is 43.1 Å². The van der Waals surface area contributed by atoms with Crippen LogP contribution in [0.15, 0.2) is 39.9 Å². The van der Waals surface area contributed by atoms with Crippen molar-refractivity contribution in [1.29, 1.82) is 0 Å². The highest BCUT2D eigenvalue weighted by Gasteiger charge is 2.24. The number of ketones is 1. The van der Waals surface area contributed by atoms with Crippen LogP contribution in [-0.2, 0) is 0 Å². The highest BCUT2D eigenvalue weighted by atomic mass is 35.5. The number of methoxy groups -OCH3 is 1. The van der Waals surface area contributed by atoms with Crippen LogP contribution in [-0.4, -0.2) is 24.3 Å². The van der Waals surface area contributed by atoms with Crippen molar-refractivity contribution in [2.45, 2.75) is 33.6 Å². The van der Waals surface area contributed by atoms with Crippen molar-refractivity contribution in [2.75, 3.05) is 13.7 Å². The Hall–Kier alpha value is -1.39. The van der Waals surface area contributed by atoms with Gasteiger partial charge in [0, 0.05) is 28.2 Å². The molecule has 23 heavy (non-hydrogen) atoms. The van der Waals surface area contributed by atoms with Gasteiger partial charge in [-0.25, -0.2) is 0 Å². The molecule has 2 rings (SSSR count). The first kappa shape index (κ1) is 18.0. The molecule has 0 N–H and O–H groups in total. The number of thioether (sulfide) groups is 1. The van der Waals surface area contributed by atoms with E-state index in [1.807, 2.05) is 0 Å². The molecule has 0 saturated heterocycles. The van der Waals surface area contributed by atoms with Gasteiger partial charge in [-0.3, -0.25) is 4.79 Å². The van der Waals surface area contributed by atoms with Gasteiger partial charge in [0.05, 0.1) is 17.7 Å². The third-order valence-electron chi connectivity index (χ3n) is 3.85. The number of carbonyl (C=O) groups is 1. The zero-order valence-electron chi connectivity index (χ0n) is 14.0. The lowest BCUT2D eigenvalue weighted by Gasteiger charge is -2.21. The van der Waals surface area contributed by atoms with E-state index in [9.17, 15) is 4.79 Å². The molecule has 0 aromatic heterocycles. The highest BCUT2D eigenvalue weighted by molar-refractivity contribution is 8.06. The van der Waals surface area contributed by atoms with E-state index >= 15 is 0 Å². The van der Waals surface area contributed by atoms with Crippen molar-refractivity contribution >= 4 is 29.1 Å². The van der Waals surface area contributed by atoms with Gasteiger partial charge in [0.1, 0.15) is 5.75 Å². The summed E-state index contributed by atoms with van der Waals surface area (Å²) >= 11 is 7.67. The molecule has 124 valence electrons. The summed E-state index contributed by atoms with van der Waals surface area (Å²) in [6.07, 6.45) is 3.91. The summed E-state index contributed by atoms with van der Waals surface area (Å²) in [4.78, 5) is 16.1. The third kappa shape index (κ3) is 4.12. The van der Waals surface area contributed by atoms with Crippen molar-refractivity contribution in [3.05, 3.63) is 50.5 Å². The molecule has 0 spiro atoms. The summed E-state index contributed by atoms with van der Waals surface area (Å²) in [6, 6.07) is 5.10. The van der Waals surface area contributed by atoms with Gasteiger partial charge in [0.25, 0.3) is 0 Å². The molecule has 1 heterocycles. The van der Waals surface area contributed by atoms with Crippen LogP contribution in [0.4, 0.5) is 0 Å². The van der Waals surface area contributed by atoms with E-state index in [2.05, 4.69) is 25.7 Å². The number of nitrogens with zero attached hydrogens (tertiary/aromatic N) is 1. The minimum Gasteiger partial charge on any atom is -0.496 e. The average molecular weight is 352 g/mol. The number of hydrogen-bond acceptors (Lipinski definition) is 4. The number of carbonyl (C=O) groups excluding carboxylic acids is 1. The quantitative estimate of drug-likeness (QED) is 0.502. The minimum atomic E-state index is -0.0872. The van der Waals surface area contributed by atoms with Crippen molar-refractivity contribution in [3.8, 4) is 5.75 Å². The molecule has 0 radical (unpaired) electrons. The molecule has 0 bridgehead atoms. The van der Waals surface area contributed by atoms with Gasteiger partial charge in [-0.1, -0.05) is 36.7 Å². The van der Waals surface area contributed by atoms with E-state index in [0.717, 1.165) is 24.4 Å². The molecule has 1 aromatic rings. The molecular formula is C18H22ClNO2S. The van der Waals surface area contributed by atoms with Crippen molar-refractivity contribution in [2.24, 2.45) is 0 Å². The second-order valence-corrected chi connectivity index (χ2v) is 7.11. The van der Waals surface area contributed by atoms with Crippen LogP contribution in [0.2, 0.25) is 5.02 Å². The van der Waals surface area contributed by atoms with Crippen LogP contribution in [0.5, 0.6) is 5.75 Å². The molecule has 0 fully saturated rings. The molecule has 1 aliphatic rings. The van der Waals surface area contributed by atoms with Crippen molar-refractivity contribution in [1.82, 2.24) is 4.90 Å². The first-order valence-corrected chi connectivity index (χ1v) is 8.89. The monoisotopic (exact) mass is 351 g/mol. The van der Waals surface area contributed by atoms with E-state index < -0.39 is 0 Å². The molecular weight excluding hydrogens is 330 g/mol. The van der Waals surface area contributed by atoms with E-state index in [4.69, 9.17) is 16.3 Å². The van der Waals surface area contributed by atoms with Crippen molar-refractivity contribution in [3.63, 3.8) is 0 Å². The van der Waals surface area contributed by atoms with Crippen molar-refractivity contribution < 1.29 is 9.53 Å². The van der Waals surface area contributed by atoms with E-state index in [-0.39, 0.29) is 5.78 Å². The Kier molecular flexibility index (Phi) is 6.19. The Bertz CT molecular complexity index is 667. The second-order valence-electron chi connectivity index (χ2n) is 5.44. The number of unbranched alkanes of at least 4 members (excludes halogenated alkanes) is 1. The van der Waals surface area contributed by atoms with Crippen LogP contribution in [0.25, 0.3) is 0 Å². The van der Waals surface area contributed by atoms with Gasteiger partial charge in [-0.05, 0) is 38.5 Å². The summed E-state index contributed by atoms with van der Waals surface area (Å²) in [7, 11) is 1.56. The Morgan fingerprint density at radius 2 is 2.13 bits per heavy atom. The fourth-order valence-electron chi connectivity index (χ4n) is 2.41. The Morgan fingerprint density at radius 1 is 1.39 bits per heavy atom. The van der Waals surface area contributed by atoms with Crippen LogP contribution in [0.1, 0.15) is 44.0 Å². The highest BCUT2D eigenvalue weighted by Crippen LogP contribution is 2.41. The van der Waals surface area contributed by atoms with E-state index in [0.29, 0.717) is 16.3 Å². The van der Waals surface area contributed by atoms with Crippen LogP contribution < -0.4 is 4.74 Å². The maximum absolute atomic E-state index is 12.7. The largest absolute Gasteiger partial charge is 0.496 e. The Labute approximate surface area is 147 Å². The molecule has 3 nitrogen and oxygen atoms in total. The summed E-state index contributed by atoms with van der Waals surface area (Å²) < 4.78 is 5.28.